The van der Waals surface area contributed by atoms with Crippen LogP contribution in [0.2, 0.25) is 0 Å². The third-order valence-electron chi connectivity index (χ3n) is 7.62. The average Bonchev–Trinajstić information content (AvgIpc) is 3.61. The zero-order valence-electron chi connectivity index (χ0n) is 19.5. The van der Waals surface area contributed by atoms with Crippen LogP contribution in [0.1, 0.15) is 41.1 Å². The Labute approximate surface area is 203 Å². The Kier molecular flexibility index (Phi) is 5.16. The molecule has 174 valence electrons. The maximum atomic E-state index is 11.5. The SMILES string of the molecule is Cc1c(-c2ccccc2)cccc1-c1nc2cc3c(c(C#N)c2o1)CC[C@H]3N1CC[C@@H](C(=O)O)C1. The number of fused-ring (bicyclic) bond motifs is 2. The van der Waals surface area contributed by atoms with Gasteiger partial charge in [-0.1, -0.05) is 42.5 Å². The number of carboxylic acid groups (broad SMARTS) is 1. The quantitative estimate of drug-likeness (QED) is 0.415. The second-order valence-electron chi connectivity index (χ2n) is 9.52. The molecule has 2 atom stereocenters. The van der Waals surface area contributed by atoms with E-state index in [2.05, 4.69) is 42.2 Å². The second kappa shape index (κ2) is 8.37. The van der Waals surface area contributed by atoms with E-state index in [1.807, 2.05) is 30.3 Å². The molecule has 4 aromatic rings. The van der Waals surface area contributed by atoms with E-state index >= 15 is 0 Å². The number of nitriles is 1. The minimum atomic E-state index is -0.729. The molecule has 1 aliphatic heterocycles. The summed E-state index contributed by atoms with van der Waals surface area (Å²) < 4.78 is 6.26. The number of oxazole rings is 1. The first-order valence-electron chi connectivity index (χ1n) is 12.0. The fourth-order valence-corrected chi connectivity index (χ4v) is 5.81. The van der Waals surface area contributed by atoms with Crippen molar-refractivity contribution in [3.8, 4) is 28.7 Å². The fraction of sp³-hybridized carbons (Fsp3) is 0.276. The van der Waals surface area contributed by atoms with E-state index in [1.165, 1.54) is 0 Å². The smallest absolute Gasteiger partial charge is 0.307 e. The molecule has 35 heavy (non-hydrogen) atoms. The van der Waals surface area contributed by atoms with Gasteiger partial charge in [0.15, 0.2) is 5.58 Å². The number of benzene rings is 3. The zero-order valence-corrected chi connectivity index (χ0v) is 19.5. The highest BCUT2D eigenvalue weighted by Gasteiger charge is 2.37. The minimum absolute atomic E-state index is 0.120. The lowest BCUT2D eigenvalue weighted by Gasteiger charge is -2.24. The number of hydrogen-bond acceptors (Lipinski definition) is 5. The molecule has 1 aromatic heterocycles. The van der Waals surface area contributed by atoms with Crippen LogP contribution in [-0.4, -0.2) is 34.0 Å². The van der Waals surface area contributed by atoms with Crippen LogP contribution >= 0.6 is 0 Å². The van der Waals surface area contributed by atoms with Crippen LogP contribution in [0.5, 0.6) is 0 Å². The summed E-state index contributed by atoms with van der Waals surface area (Å²) in [6.07, 6.45) is 2.33. The number of nitrogens with zero attached hydrogens (tertiary/aromatic N) is 3. The molecule has 3 aromatic carbocycles. The number of aliphatic carboxylic acids is 1. The minimum Gasteiger partial charge on any atom is -0.481 e. The predicted molar refractivity (Wildman–Crippen MR) is 133 cm³/mol. The molecule has 0 bridgehead atoms. The molecule has 6 rings (SSSR count). The normalized spacial score (nSPS) is 19.7. The molecule has 0 amide bonds. The van der Waals surface area contributed by atoms with Gasteiger partial charge in [-0.05, 0) is 72.7 Å². The van der Waals surface area contributed by atoms with Crippen LogP contribution in [0.3, 0.4) is 0 Å². The fourth-order valence-electron chi connectivity index (χ4n) is 5.81. The van der Waals surface area contributed by atoms with Gasteiger partial charge in [-0.25, -0.2) is 4.98 Å². The highest BCUT2D eigenvalue weighted by molar-refractivity contribution is 5.86. The molecule has 2 aliphatic rings. The molecule has 1 N–H and O–H groups in total. The number of carboxylic acids is 1. The van der Waals surface area contributed by atoms with Crippen molar-refractivity contribution in [2.24, 2.45) is 5.92 Å². The number of likely N-dealkylation sites (tertiary alicyclic amines) is 1. The highest BCUT2D eigenvalue weighted by atomic mass is 16.4. The monoisotopic (exact) mass is 463 g/mol. The summed E-state index contributed by atoms with van der Waals surface area (Å²) in [6, 6.07) is 20.9. The van der Waals surface area contributed by atoms with E-state index in [9.17, 15) is 15.2 Å². The molecule has 6 nitrogen and oxygen atoms in total. The Bertz CT molecular complexity index is 1500. The van der Waals surface area contributed by atoms with Crippen molar-refractivity contribution in [2.75, 3.05) is 13.1 Å². The van der Waals surface area contributed by atoms with E-state index in [4.69, 9.17) is 9.40 Å². The molecule has 0 spiro atoms. The van der Waals surface area contributed by atoms with Crippen LogP contribution in [-0.2, 0) is 11.2 Å². The Morgan fingerprint density at radius 1 is 1.14 bits per heavy atom. The molecule has 0 radical (unpaired) electrons. The van der Waals surface area contributed by atoms with Crippen molar-refractivity contribution >= 4 is 17.1 Å². The van der Waals surface area contributed by atoms with Crippen LogP contribution in [0.15, 0.2) is 59.0 Å². The third kappa shape index (κ3) is 3.51. The summed E-state index contributed by atoms with van der Waals surface area (Å²) in [7, 11) is 0. The standard InChI is InChI=1S/C29H25N3O3/c1-17-20(18-6-3-2-4-7-18)8-5-9-21(17)28-31-25-14-23-22(24(15-30)27(25)35-28)10-11-26(23)32-13-12-19(16-32)29(33)34/h2-9,14,19,26H,10-13,16H2,1H3,(H,33,34)/t19-,26-/m1/s1. The molecular formula is C29H25N3O3. The summed E-state index contributed by atoms with van der Waals surface area (Å²) in [5, 5.41) is 19.5. The predicted octanol–water partition coefficient (Wildman–Crippen LogP) is 5.74. The van der Waals surface area contributed by atoms with Gasteiger partial charge in [0.1, 0.15) is 17.1 Å². The summed E-state index contributed by atoms with van der Waals surface area (Å²) in [5.41, 5.74) is 8.12. The first kappa shape index (κ1) is 21.6. The van der Waals surface area contributed by atoms with Gasteiger partial charge < -0.3 is 9.52 Å². The van der Waals surface area contributed by atoms with Gasteiger partial charge in [0.25, 0.3) is 0 Å². The van der Waals surface area contributed by atoms with Gasteiger partial charge in [-0.3, -0.25) is 9.69 Å². The molecule has 0 unspecified atom stereocenters. The van der Waals surface area contributed by atoms with Gasteiger partial charge >= 0.3 is 5.97 Å². The van der Waals surface area contributed by atoms with Crippen molar-refractivity contribution in [1.82, 2.24) is 9.88 Å². The largest absolute Gasteiger partial charge is 0.481 e. The van der Waals surface area contributed by atoms with Crippen molar-refractivity contribution in [3.63, 3.8) is 0 Å². The molecule has 1 aliphatic carbocycles. The van der Waals surface area contributed by atoms with Crippen molar-refractivity contribution in [2.45, 2.75) is 32.2 Å². The van der Waals surface area contributed by atoms with Crippen LogP contribution < -0.4 is 0 Å². The Morgan fingerprint density at radius 3 is 2.69 bits per heavy atom. The lowest BCUT2D eigenvalue weighted by atomic mass is 9.96. The van der Waals surface area contributed by atoms with Crippen molar-refractivity contribution in [3.05, 3.63) is 76.9 Å². The van der Waals surface area contributed by atoms with E-state index in [0.29, 0.717) is 35.5 Å². The van der Waals surface area contributed by atoms with E-state index < -0.39 is 5.97 Å². The van der Waals surface area contributed by atoms with E-state index in [-0.39, 0.29) is 12.0 Å². The third-order valence-corrected chi connectivity index (χ3v) is 7.62. The average molecular weight is 464 g/mol. The van der Waals surface area contributed by atoms with Gasteiger partial charge in [-0.2, -0.15) is 5.26 Å². The number of rotatable bonds is 4. The first-order valence-corrected chi connectivity index (χ1v) is 12.0. The Balaban J connectivity index is 1.43. The lowest BCUT2D eigenvalue weighted by molar-refractivity contribution is -0.141. The second-order valence-corrected chi connectivity index (χ2v) is 9.52. The van der Waals surface area contributed by atoms with Gasteiger partial charge in [0.05, 0.1) is 5.92 Å². The number of hydrogen-bond donors (Lipinski definition) is 1. The summed E-state index contributed by atoms with van der Waals surface area (Å²) in [6.45, 7) is 3.38. The summed E-state index contributed by atoms with van der Waals surface area (Å²) >= 11 is 0. The number of aromatic nitrogens is 1. The Hall–Kier alpha value is -3.95. The Morgan fingerprint density at radius 2 is 1.94 bits per heavy atom. The number of carbonyl (C=O) groups is 1. The summed E-state index contributed by atoms with van der Waals surface area (Å²) in [4.78, 5) is 18.6. The highest BCUT2D eigenvalue weighted by Crippen LogP contribution is 2.43. The van der Waals surface area contributed by atoms with Crippen LogP contribution in [0, 0.1) is 24.2 Å². The molecule has 0 saturated carbocycles. The van der Waals surface area contributed by atoms with Crippen LogP contribution in [0.25, 0.3) is 33.7 Å². The van der Waals surface area contributed by atoms with Gasteiger partial charge in [0, 0.05) is 18.2 Å². The summed E-state index contributed by atoms with van der Waals surface area (Å²) in [5.74, 6) is -0.538. The maximum absolute atomic E-state index is 11.5. The van der Waals surface area contributed by atoms with Crippen LogP contribution in [0.4, 0.5) is 0 Å². The molecular weight excluding hydrogens is 438 g/mol. The van der Waals surface area contributed by atoms with Crippen molar-refractivity contribution in [1.29, 1.82) is 5.26 Å². The zero-order chi connectivity index (χ0) is 24.1. The molecule has 1 saturated heterocycles. The maximum Gasteiger partial charge on any atom is 0.307 e. The van der Waals surface area contributed by atoms with E-state index in [0.717, 1.165) is 52.8 Å². The topological polar surface area (TPSA) is 90.4 Å². The van der Waals surface area contributed by atoms with Crippen molar-refractivity contribution < 1.29 is 14.3 Å². The lowest BCUT2D eigenvalue weighted by Crippen LogP contribution is -2.26. The molecule has 1 fully saturated rings. The van der Waals surface area contributed by atoms with Gasteiger partial charge in [-0.15, -0.1) is 0 Å². The molecule has 2 heterocycles. The van der Waals surface area contributed by atoms with Gasteiger partial charge in [0.2, 0.25) is 5.89 Å². The first-order chi connectivity index (χ1) is 17.0. The van der Waals surface area contributed by atoms with E-state index in [1.54, 1.807) is 0 Å². The molecule has 6 heteroatoms.